The van der Waals surface area contributed by atoms with Gasteiger partial charge in [-0.05, 0) is 61.2 Å². The fourth-order valence-electron chi connectivity index (χ4n) is 3.23. The monoisotopic (exact) mass is 271 g/mol. The molecule has 1 aromatic carbocycles. The molecule has 2 atom stereocenters. The molecule has 19 heavy (non-hydrogen) atoms. The summed E-state index contributed by atoms with van der Waals surface area (Å²) in [6.07, 6.45) is 3.73. The Bertz CT molecular complexity index is 585. The Hall–Kier alpha value is -1.12. The Kier molecular flexibility index (Phi) is 3.46. The molecule has 100 valence electrons. The van der Waals surface area contributed by atoms with Gasteiger partial charge >= 0.3 is 0 Å². The predicted molar refractivity (Wildman–Crippen MR) is 82.8 cm³/mol. The molecule has 0 saturated heterocycles. The highest BCUT2D eigenvalue weighted by Crippen LogP contribution is 2.41. The molecule has 2 heteroatoms. The molecular formula is C17H21NS. The van der Waals surface area contributed by atoms with Crippen molar-refractivity contribution in [3.63, 3.8) is 0 Å². The Balaban J connectivity index is 1.97. The van der Waals surface area contributed by atoms with Crippen molar-refractivity contribution >= 4 is 11.3 Å². The van der Waals surface area contributed by atoms with Crippen molar-refractivity contribution in [3.8, 4) is 0 Å². The van der Waals surface area contributed by atoms with E-state index in [9.17, 15) is 0 Å². The second kappa shape index (κ2) is 5.10. The van der Waals surface area contributed by atoms with Crippen LogP contribution < -0.4 is 5.73 Å². The van der Waals surface area contributed by atoms with Crippen molar-refractivity contribution in [3.05, 3.63) is 56.8 Å². The number of benzene rings is 1. The zero-order valence-corrected chi connectivity index (χ0v) is 12.5. The molecule has 0 spiro atoms. The van der Waals surface area contributed by atoms with Crippen LogP contribution in [0.3, 0.4) is 0 Å². The van der Waals surface area contributed by atoms with Crippen LogP contribution >= 0.6 is 11.3 Å². The maximum atomic E-state index is 6.62. The van der Waals surface area contributed by atoms with Crippen molar-refractivity contribution in [2.75, 3.05) is 0 Å². The first kappa shape index (κ1) is 12.9. The fourth-order valence-corrected chi connectivity index (χ4v) is 4.23. The topological polar surface area (TPSA) is 26.0 Å². The van der Waals surface area contributed by atoms with Gasteiger partial charge in [0.25, 0.3) is 0 Å². The van der Waals surface area contributed by atoms with Gasteiger partial charge in [-0.15, -0.1) is 11.3 Å². The lowest BCUT2D eigenvalue weighted by atomic mass is 9.79. The van der Waals surface area contributed by atoms with E-state index >= 15 is 0 Å². The standard InChI is InChI=1S/C17H21NS/c1-11-6-7-12(2)15(10-11)17(18)14-4-3-5-16-13(14)8-9-19-16/h6-10,14,17H,3-5,18H2,1-2H3. The van der Waals surface area contributed by atoms with Crippen LogP contribution in [-0.2, 0) is 6.42 Å². The van der Waals surface area contributed by atoms with Crippen LogP contribution in [0.1, 0.15) is 51.9 Å². The second-order valence-electron chi connectivity index (χ2n) is 5.68. The molecule has 0 radical (unpaired) electrons. The minimum Gasteiger partial charge on any atom is -0.323 e. The van der Waals surface area contributed by atoms with E-state index in [1.54, 1.807) is 4.88 Å². The molecule has 3 rings (SSSR count). The van der Waals surface area contributed by atoms with Gasteiger partial charge in [-0.25, -0.2) is 0 Å². The lowest BCUT2D eigenvalue weighted by molar-refractivity contribution is 0.477. The Morgan fingerprint density at radius 3 is 2.95 bits per heavy atom. The number of hydrogen-bond donors (Lipinski definition) is 1. The number of thiophene rings is 1. The summed E-state index contributed by atoms with van der Waals surface area (Å²) in [6, 6.07) is 9.05. The summed E-state index contributed by atoms with van der Waals surface area (Å²) in [5.41, 5.74) is 12.1. The first-order valence-corrected chi connectivity index (χ1v) is 7.94. The van der Waals surface area contributed by atoms with E-state index < -0.39 is 0 Å². The highest BCUT2D eigenvalue weighted by atomic mass is 32.1. The maximum absolute atomic E-state index is 6.62. The first-order chi connectivity index (χ1) is 9.16. The lowest BCUT2D eigenvalue weighted by Crippen LogP contribution is -2.23. The maximum Gasteiger partial charge on any atom is 0.0367 e. The minimum atomic E-state index is 0.133. The largest absolute Gasteiger partial charge is 0.323 e. The van der Waals surface area contributed by atoms with E-state index in [-0.39, 0.29) is 6.04 Å². The quantitative estimate of drug-likeness (QED) is 0.856. The van der Waals surface area contributed by atoms with E-state index in [0.29, 0.717) is 5.92 Å². The van der Waals surface area contributed by atoms with Gasteiger partial charge in [0.15, 0.2) is 0 Å². The molecule has 2 N–H and O–H groups in total. The summed E-state index contributed by atoms with van der Waals surface area (Å²) in [6.45, 7) is 4.32. The van der Waals surface area contributed by atoms with Gasteiger partial charge in [-0.2, -0.15) is 0 Å². The third kappa shape index (κ3) is 2.35. The van der Waals surface area contributed by atoms with Crippen LogP contribution in [0.15, 0.2) is 29.6 Å². The van der Waals surface area contributed by atoms with Crippen molar-refractivity contribution in [2.24, 2.45) is 5.73 Å². The smallest absolute Gasteiger partial charge is 0.0367 e. The third-order valence-corrected chi connectivity index (χ3v) is 5.32. The van der Waals surface area contributed by atoms with E-state index in [1.807, 2.05) is 11.3 Å². The molecule has 2 unspecified atom stereocenters. The number of hydrogen-bond acceptors (Lipinski definition) is 2. The highest BCUT2D eigenvalue weighted by Gasteiger charge is 2.28. The molecule has 0 saturated carbocycles. The Morgan fingerprint density at radius 2 is 2.11 bits per heavy atom. The van der Waals surface area contributed by atoms with Gasteiger partial charge in [0.1, 0.15) is 0 Å². The summed E-state index contributed by atoms with van der Waals surface area (Å²) in [5, 5.41) is 2.22. The molecule has 1 aliphatic carbocycles. The second-order valence-corrected chi connectivity index (χ2v) is 6.68. The van der Waals surface area contributed by atoms with Gasteiger partial charge in [0.05, 0.1) is 0 Å². The molecule has 1 heterocycles. The molecule has 1 aliphatic rings. The van der Waals surface area contributed by atoms with E-state index in [1.165, 1.54) is 41.5 Å². The summed E-state index contributed by atoms with van der Waals surface area (Å²) in [5.74, 6) is 0.496. The summed E-state index contributed by atoms with van der Waals surface area (Å²) < 4.78 is 0. The van der Waals surface area contributed by atoms with Crippen LogP contribution in [0.5, 0.6) is 0 Å². The van der Waals surface area contributed by atoms with Crippen molar-refractivity contribution < 1.29 is 0 Å². The van der Waals surface area contributed by atoms with Gasteiger partial charge in [0, 0.05) is 16.8 Å². The molecule has 0 amide bonds. The molecule has 2 aromatic rings. The van der Waals surface area contributed by atoms with Gasteiger partial charge in [0.2, 0.25) is 0 Å². The minimum absolute atomic E-state index is 0.133. The number of nitrogens with two attached hydrogens (primary N) is 1. The van der Waals surface area contributed by atoms with Crippen LogP contribution in [0, 0.1) is 13.8 Å². The SMILES string of the molecule is Cc1ccc(C)c(C(N)C2CCCc3sccc32)c1. The van der Waals surface area contributed by atoms with Gasteiger partial charge < -0.3 is 5.73 Å². The Labute approximate surface area is 119 Å². The van der Waals surface area contributed by atoms with E-state index in [2.05, 4.69) is 43.5 Å². The van der Waals surface area contributed by atoms with Crippen molar-refractivity contribution in [1.82, 2.24) is 0 Å². The van der Waals surface area contributed by atoms with E-state index in [0.717, 1.165) is 0 Å². The summed E-state index contributed by atoms with van der Waals surface area (Å²) in [7, 11) is 0. The molecule has 1 nitrogen and oxygen atoms in total. The average Bonchev–Trinajstić information content (AvgIpc) is 2.89. The number of rotatable bonds is 2. The fraction of sp³-hybridized carbons (Fsp3) is 0.412. The zero-order chi connectivity index (χ0) is 13.4. The normalized spacial score (nSPS) is 20.1. The predicted octanol–water partition coefficient (Wildman–Crippen LogP) is 4.48. The van der Waals surface area contributed by atoms with Crippen LogP contribution in [-0.4, -0.2) is 0 Å². The van der Waals surface area contributed by atoms with Gasteiger partial charge in [-0.1, -0.05) is 23.8 Å². The molecular weight excluding hydrogens is 250 g/mol. The summed E-state index contributed by atoms with van der Waals surface area (Å²) in [4.78, 5) is 1.55. The third-order valence-electron chi connectivity index (χ3n) is 4.33. The molecule has 0 bridgehead atoms. The molecule has 0 aliphatic heterocycles. The van der Waals surface area contributed by atoms with Crippen LogP contribution in [0.4, 0.5) is 0 Å². The summed E-state index contributed by atoms with van der Waals surface area (Å²) >= 11 is 1.89. The number of aryl methyl sites for hydroxylation is 3. The van der Waals surface area contributed by atoms with Crippen LogP contribution in [0.2, 0.25) is 0 Å². The van der Waals surface area contributed by atoms with Gasteiger partial charge in [-0.3, -0.25) is 0 Å². The molecule has 1 aromatic heterocycles. The van der Waals surface area contributed by atoms with Crippen molar-refractivity contribution in [2.45, 2.75) is 45.1 Å². The average molecular weight is 271 g/mol. The number of fused-ring (bicyclic) bond motifs is 1. The molecule has 0 fully saturated rings. The first-order valence-electron chi connectivity index (χ1n) is 7.06. The van der Waals surface area contributed by atoms with E-state index in [4.69, 9.17) is 5.73 Å². The Morgan fingerprint density at radius 1 is 1.26 bits per heavy atom. The lowest BCUT2D eigenvalue weighted by Gasteiger charge is -2.29. The van der Waals surface area contributed by atoms with Crippen LogP contribution in [0.25, 0.3) is 0 Å². The van der Waals surface area contributed by atoms with Crippen molar-refractivity contribution in [1.29, 1.82) is 0 Å². The highest BCUT2D eigenvalue weighted by molar-refractivity contribution is 7.10. The zero-order valence-electron chi connectivity index (χ0n) is 11.6.